The molecule has 0 aromatic carbocycles. The zero-order valence-corrected chi connectivity index (χ0v) is 20.7. The number of nitrogens with zero attached hydrogens (tertiary/aromatic N) is 2. The molecule has 200 valence electrons. The van der Waals surface area contributed by atoms with Gasteiger partial charge in [-0.05, 0) is 20.3 Å². The molecule has 8 atom stereocenters. The van der Waals surface area contributed by atoms with Crippen LogP contribution in [0.5, 0.6) is 0 Å². The van der Waals surface area contributed by atoms with Crippen molar-refractivity contribution in [1.29, 1.82) is 0 Å². The summed E-state index contributed by atoms with van der Waals surface area (Å²) in [6, 6.07) is 2.31. The molecule has 0 unspecified atom stereocenters. The second-order valence-electron chi connectivity index (χ2n) is 9.56. The Labute approximate surface area is 204 Å². The van der Waals surface area contributed by atoms with Crippen LogP contribution in [0.3, 0.4) is 0 Å². The number of aromatic amines is 2. The molecule has 4 heterocycles. The average Bonchev–Trinajstić information content (AvgIpc) is 3.17. The summed E-state index contributed by atoms with van der Waals surface area (Å²) < 4.78 is 42.4. The first-order valence-electron chi connectivity index (χ1n) is 11.7. The molecule has 2 aromatic rings. The van der Waals surface area contributed by atoms with Crippen LogP contribution in [-0.2, 0) is 9.47 Å². The Morgan fingerprint density at radius 2 is 1.25 bits per heavy atom. The van der Waals surface area contributed by atoms with Crippen LogP contribution in [0.4, 0.5) is 8.78 Å². The molecule has 2 saturated heterocycles. The maximum Gasteiger partial charge on any atom is 0.330 e. The molecule has 3 N–H and O–H groups in total. The fourth-order valence-corrected chi connectivity index (χ4v) is 4.56. The van der Waals surface area contributed by atoms with E-state index in [1.165, 1.54) is 32.3 Å². The van der Waals surface area contributed by atoms with E-state index in [0.717, 1.165) is 15.2 Å². The SMILES string of the molecule is CC[C@H]1O[C@@H](n2ccc(=O)[nH]c2=O)[C@](C)(F)[C@@H]1C.C[C@@H]1[C@@H](CO)O[C@@H](n2ccc(=O)[nH]c2=O)[C@]1(C)F. The van der Waals surface area contributed by atoms with Gasteiger partial charge in [0.1, 0.15) is 0 Å². The minimum absolute atomic E-state index is 0.233. The minimum atomic E-state index is -1.81. The summed E-state index contributed by atoms with van der Waals surface area (Å²) >= 11 is 0. The highest BCUT2D eigenvalue weighted by atomic mass is 19.1. The van der Waals surface area contributed by atoms with E-state index in [1.54, 1.807) is 13.8 Å². The zero-order chi connectivity index (χ0) is 27.0. The fourth-order valence-electron chi connectivity index (χ4n) is 4.56. The number of rotatable bonds is 4. The van der Waals surface area contributed by atoms with Gasteiger partial charge < -0.3 is 14.6 Å². The second-order valence-corrected chi connectivity index (χ2v) is 9.56. The Bertz CT molecular complexity index is 1200. The number of nitrogens with one attached hydrogen (secondary N) is 2. The number of hydrogen-bond acceptors (Lipinski definition) is 7. The van der Waals surface area contributed by atoms with E-state index in [-0.39, 0.29) is 18.6 Å². The number of aliphatic hydroxyl groups excluding tert-OH is 1. The molecule has 0 amide bonds. The molecule has 0 bridgehead atoms. The zero-order valence-electron chi connectivity index (χ0n) is 20.7. The van der Waals surface area contributed by atoms with Gasteiger partial charge in [-0.3, -0.25) is 28.7 Å². The van der Waals surface area contributed by atoms with Crippen molar-refractivity contribution in [2.24, 2.45) is 11.8 Å². The van der Waals surface area contributed by atoms with Crippen LogP contribution < -0.4 is 22.5 Å². The molecule has 2 aliphatic heterocycles. The number of alkyl halides is 2. The van der Waals surface area contributed by atoms with Gasteiger partial charge in [-0.15, -0.1) is 0 Å². The van der Waals surface area contributed by atoms with E-state index < -0.39 is 58.3 Å². The molecular weight excluding hydrogens is 482 g/mol. The van der Waals surface area contributed by atoms with Gasteiger partial charge in [0, 0.05) is 36.4 Å². The van der Waals surface area contributed by atoms with Gasteiger partial charge in [0.25, 0.3) is 11.1 Å². The second kappa shape index (κ2) is 10.2. The van der Waals surface area contributed by atoms with E-state index in [2.05, 4.69) is 4.98 Å². The van der Waals surface area contributed by atoms with Gasteiger partial charge in [0.05, 0.1) is 18.8 Å². The molecule has 2 fully saturated rings. The monoisotopic (exact) mass is 514 g/mol. The molecule has 0 saturated carbocycles. The molecule has 11 nitrogen and oxygen atoms in total. The Morgan fingerprint density at radius 3 is 1.56 bits per heavy atom. The Balaban J connectivity index is 0.000000201. The van der Waals surface area contributed by atoms with Gasteiger partial charge in [0.15, 0.2) is 23.8 Å². The normalized spacial score (nSPS) is 35.9. The van der Waals surface area contributed by atoms with Crippen LogP contribution in [0.1, 0.15) is 53.5 Å². The highest BCUT2D eigenvalue weighted by Gasteiger charge is 2.53. The highest BCUT2D eigenvalue weighted by molar-refractivity contribution is 5.00. The summed E-state index contributed by atoms with van der Waals surface area (Å²) in [5.41, 5.74) is -5.91. The van der Waals surface area contributed by atoms with Crippen molar-refractivity contribution < 1.29 is 23.4 Å². The maximum atomic E-state index is 14.7. The molecule has 2 aliphatic rings. The van der Waals surface area contributed by atoms with E-state index in [4.69, 9.17) is 14.6 Å². The number of aliphatic hydroxyl groups is 1. The third kappa shape index (κ3) is 5.00. The van der Waals surface area contributed by atoms with Crippen molar-refractivity contribution in [3.8, 4) is 0 Å². The van der Waals surface area contributed by atoms with E-state index >= 15 is 0 Å². The predicted octanol–water partition coefficient (Wildman–Crippen LogP) is 0.999. The highest BCUT2D eigenvalue weighted by Crippen LogP contribution is 2.46. The number of H-pyrrole nitrogens is 2. The summed E-state index contributed by atoms with van der Waals surface area (Å²) in [5.74, 6) is -0.877. The number of hydrogen-bond donors (Lipinski definition) is 3. The van der Waals surface area contributed by atoms with Crippen LogP contribution in [0, 0.1) is 11.8 Å². The van der Waals surface area contributed by atoms with Gasteiger partial charge >= 0.3 is 11.4 Å². The van der Waals surface area contributed by atoms with Crippen LogP contribution in [-0.4, -0.2) is 54.4 Å². The Kier molecular flexibility index (Phi) is 7.86. The van der Waals surface area contributed by atoms with Gasteiger partial charge in [-0.2, -0.15) is 0 Å². The van der Waals surface area contributed by atoms with Gasteiger partial charge in [-0.25, -0.2) is 18.4 Å². The number of aromatic nitrogens is 4. The number of halogens is 2. The van der Waals surface area contributed by atoms with Gasteiger partial charge in [0.2, 0.25) is 0 Å². The van der Waals surface area contributed by atoms with Crippen LogP contribution in [0.25, 0.3) is 0 Å². The molecule has 2 aromatic heterocycles. The van der Waals surface area contributed by atoms with E-state index in [1.807, 2.05) is 11.9 Å². The average molecular weight is 515 g/mol. The molecule has 0 radical (unpaired) electrons. The van der Waals surface area contributed by atoms with Crippen molar-refractivity contribution in [3.05, 3.63) is 66.2 Å². The quantitative estimate of drug-likeness (QED) is 0.551. The fraction of sp³-hybridized carbons (Fsp3) is 0.652. The lowest BCUT2D eigenvalue weighted by Crippen LogP contribution is -2.40. The lowest BCUT2D eigenvalue weighted by molar-refractivity contribution is -0.0611. The van der Waals surface area contributed by atoms with Crippen molar-refractivity contribution >= 4 is 0 Å². The van der Waals surface area contributed by atoms with Crippen molar-refractivity contribution in [2.45, 2.75) is 77.0 Å². The molecule has 0 aliphatic carbocycles. The van der Waals surface area contributed by atoms with Crippen LogP contribution in [0.2, 0.25) is 0 Å². The lowest BCUT2D eigenvalue weighted by Gasteiger charge is -2.25. The molecule has 36 heavy (non-hydrogen) atoms. The summed E-state index contributed by atoms with van der Waals surface area (Å²) in [5, 5.41) is 9.11. The summed E-state index contributed by atoms with van der Waals surface area (Å²) in [4.78, 5) is 49.4. The smallest absolute Gasteiger partial charge is 0.330 e. The predicted molar refractivity (Wildman–Crippen MR) is 125 cm³/mol. The Hall–Kier alpha value is -2.90. The molecule has 4 rings (SSSR count). The van der Waals surface area contributed by atoms with Gasteiger partial charge in [-0.1, -0.05) is 20.8 Å². The third-order valence-corrected chi connectivity index (χ3v) is 7.26. The van der Waals surface area contributed by atoms with Crippen molar-refractivity contribution in [2.75, 3.05) is 6.61 Å². The van der Waals surface area contributed by atoms with Crippen molar-refractivity contribution in [3.63, 3.8) is 0 Å². The minimum Gasteiger partial charge on any atom is -0.394 e. The molecule has 13 heteroatoms. The molecule has 0 spiro atoms. The summed E-state index contributed by atoms with van der Waals surface area (Å²) in [7, 11) is 0. The third-order valence-electron chi connectivity index (χ3n) is 7.26. The number of ether oxygens (including phenoxy) is 2. The van der Waals surface area contributed by atoms with E-state index in [9.17, 15) is 28.0 Å². The summed E-state index contributed by atoms with van der Waals surface area (Å²) in [6.45, 7) is 7.71. The van der Waals surface area contributed by atoms with Crippen LogP contribution >= 0.6 is 0 Å². The Morgan fingerprint density at radius 1 is 0.861 bits per heavy atom. The standard InChI is InChI=1S/C12H17FN2O3.C11H15FN2O4/c1-4-8-7(2)12(3,13)10(18-8)15-6-5-9(16)14-11(15)17;1-6-7(5-15)18-9(11(6,2)12)14-4-3-8(16)13-10(14)17/h5-8,10H,4H2,1-3H3,(H,14,16,17);3-4,6-7,9,15H,5H2,1-2H3,(H,13,16,17)/t7-,8-,10-,12-;6-,7-,9-,11-/m11/s1. The first kappa shape index (κ1) is 27.7. The largest absolute Gasteiger partial charge is 0.394 e. The van der Waals surface area contributed by atoms with E-state index in [0.29, 0.717) is 6.42 Å². The first-order chi connectivity index (χ1) is 16.7. The lowest BCUT2D eigenvalue weighted by atomic mass is 9.88. The van der Waals surface area contributed by atoms with Crippen LogP contribution in [0.15, 0.2) is 43.7 Å². The topological polar surface area (TPSA) is 148 Å². The first-order valence-corrected chi connectivity index (χ1v) is 11.7. The van der Waals surface area contributed by atoms with Crippen molar-refractivity contribution in [1.82, 2.24) is 19.1 Å². The summed E-state index contributed by atoms with van der Waals surface area (Å²) in [6.07, 6.45) is 0.0725. The maximum absolute atomic E-state index is 14.7. The molecular formula is C23H32F2N4O7.